The van der Waals surface area contributed by atoms with E-state index >= 15 is 0 Å². The molecule has 13 nitrogen and oxygen atoms in total. The molecule has 13 heteroatoms. The molecule has 3 aliphatic rings. The quantitative estimate of drug-likeness (QED) is 0.182. The highest BCUT2D eigenvalue weighted by molar-refractivity contribution is 6.08. The molecule has 45 heavy (non-hydrogen) atoms. The van der Waals surface area contributed by atoms with Crippen molar-refractivity contribution < 1.29 is 49.8 Å². The highest BCUT2D eigenvalue weighted by Crippen LogP contribution is 2.47. The maximum absolute atomic E-state index is 14.0. The number of amides is 3. The lowest BCUT2D eigenvalue weighted by Gasteiger charge is -2.37. The normalized spacial score (nSPS) is 30.5. The number of benzene rings is 2. The number of carbonyl (C=O) groups excluding carboxylic acids is 3. The number of aliphatic hydroxyl groups is 6. The number of hydrogen-bond acceptors (Lipinski definition) is 10. The summed E-state index contributed by atoms with van der Waals surface area (Å²) in [5.41, 5.74) is -0.522. The van der Waals surface area contributed by atoms with Gasteiger partial charge in [-0.1, -0.05) is 49.4 Å². The van der Waals surface area contributed by atoms with E-state index in [1.807, 2.05) is 30.3 Å². The summed E-state index contributed by atoms with van der Waals surface area (Å²) < 4.78 is 5.02. The van der Waals surface area contributed by atoms with Gasteiger partial charge in [-0.05, 0) is 36.6 Å². The summed E-state index contributed by atoms with van der Waals surface area (Å²) in [4.78, 5) is 42.8. The zero-order valence-corrected chi connectivity index (χ0v) is 24.8. The number of fused-ring (bicyclic) bond motifs is 1. The molecule has 7 N–H and O–H groups in total. The third-order valence-electron chi connectivity index (χ3n) is 8.85. The van der Waals surface area contributed by atoms with Gasteiger partial charge in [-0.3, -0.25) is 14.4 Å². The van der Waals surface area contributed by atoms with E-state index in [0.29, 0.717) is 12.2 Å². The molecule has 2 saturated heterocycles. The minimum atomic E-state index is -2.08. The highest BCUT2D eigenvalue weighted by Gasteiger charge is 2.53. The molecule has 0 unspecified atom stereocenters. The first-order chi connectivity index (χ1) is 21.5. The number of carbonyl (C=O) groups is 3. The number of likely N-dealkylation sites (tertiary alicyclic amines) is 1. The maximum Gasteiger partial charge on any atom is 0.264 e. The Morgan fingerprint density at radius 3 is 2.53 bits per heavy atom. The second kappa shape index (κ2) is 13.3. The van der Waals surface area contributed by atoms with E-state index in [4.69, 9.17) is 4.74 Å². The fourth-order valence-corrected chi connectivity index (χ4v) is 6.22. The fraction of sp³-hybridized carbons (Fsp3) is 0.469. The van der Waals surface area contributed by atoms with Crippen molar-refractivity contribution in [3.63, 3.8) is 0 Å². The average Bonchev–Trinajstić information content (AvgIpc) is 3.60. The zero-order chi connectivity index (χ0) is 32.5. The van der Waals surface area contributed by atoms with Gasteiger partial charge in [0.25, 0.3) is 11.8 Å². The van der Waals surface area contributed by atoms with Gasteiger partial charge in [-0.25, -0.2) is 0 Å². The van der Waals surface area contributed by atoms with Crippen molar-refractivity contribution in [2.45, 2.75) is 75.1 Å². The molecule has 0 bridgehead atoms. The molecular formula is C32H39N3O10. The van der Waals surface area contributed by atoms with E-state index in [1.165, 1.54) is 17.0 Å². The fourth-order valence-electron chi connectivity index (χ4n) is 6.22. The number of aliphatic hydroxyl groups excluding tert-OH is 5. The van der Waals surface area contributed by atoms with Crippen LogP contribution in [0.3, 0.4) is 0 Å². The summed E-state index contributed by atoms with van der Waals surface area (Å²) in [7, 11) is 0. The monoisotopic (exact) mass is 625 g/mol. The Hall–Kier alpha value is -3.69. The number of rotatable bonds is 9. The van der Waals surface area contributed by atoms with Crippen molar-refractivity contribution in [1.82, 2.24) is 4.90 Å². The van der Waals surface area contributed by atoms with Gasteiger partial charge < -0.3 is 50.5 Å². The largest absolute Gasteiger partial charge is 0.394 e. The molecule has 0 saturated carbocycles. The number of hydrogen-bond donors (Lipinski definition) is 7. The van der Waals surface area contributed by atoms with Crippen molar-refractivity contribution in [3.8, 4) is 0 Å². The van der Waals surface area contributed by atoms with Gasteiger partial charge in [0.15, 0.2) is 18.0 Å². The molecule has 0 aliphatic carbocycles. The first kappa shape index (κ1) is 32.7. The molecule has 3 amide bonds. The summed E-state index contributed by atoms with van der Waals surface area (Å²) in [5.74, 6) is -2.51. The van der Waals surface area contributed by atoms with Crippen molar-refractivity contribution >= 4 is 29.1 Å². The van der Waals surface area contributed by atoms with Crippen molar-refractivity contribution in [2.24, 2.45) is 5.92 Å². The van der Waals surface area contributed by atoms with E-state index in [-0.39, 0.29) is 42.8 Å². The SMILES string of the molecule is C[C@H](/C=C/CC(=O)N1CCC[C@H]1CO)[C@@]1(O)C(=O)N(Cc2ccccc2)c2ccc(NC(=O)[C@H]3O[C@@H](O)[C@H](O)[C@@H](O)[C@@H]3O)cc21. The van der Waals surface area contributed by atoms with Crippen molar-refractivity contribution in [3.05, 3.63) is 71.8 Å². The molecule has 2 fully saturated rings. The molecule has 0 radical (unpaired) electrons. The standard InChI is InChI=1S/C32H39N3O10/c1-18(7-5-11-24(37)34-14-6-10-21(34)17-36)32(44)22-15-20(33-29(41)28-26(39)25(38)27(40)30(42)45-28)12-13-23(22)35(31(32)43)16-19-8-3-2-4-9-19/h2-5,7-9,12-13,15,18,21,25-28,30,36,38-40,42,44H,6,10-11,14,16-17H2,1H3,(H,33,41)/b7-5+/t18-,21+,25+,26+,27-,28+,30-,32+/m1/s1. The summed E-state index contributed by atoms with van der Waals surface area (Å²) in [6, 6.07) is 13.5. The first-order valence-electron chi connectivity index (χ1n) is 15.0. The zero-order valence-electron chi connectivity index (χ0n) is 24.8. The van der Waals surface area contributed by atoms with Crippen LogP contribution in [0.2, 0.25) is 0 Å². The van der Waals surface area contributed by atoms with Gasteiger partial charge >= 0.3 is 0 Å². The lowest BCUT2D eigenvalue weighted by molar-refractivity contribution is -0.274. The van der Waals surface area contributed by atoms with Crippen LogP contribution in [-0.4, -0.2) is 103 Å². The highest BCUT2D eigenvalue weighted by atomic mass is 16.6. The van der Waals surface area contributed by atoms with Crippen LogP contribution in [0.4, 0.5) is 11.4 Å². The van der Waals surface area contributed by atoms with E-state index in [9.17, 15) is 45.0 Å². The third kappa shape index (κ3) is 6.25. The molecule has 2 aromatic rings. The van der Waals surface area contributed by atoms with Crippen LogP contribution in [0, 0.1) is 5.92 Å². The predicted octanol–water partition coefficient (Wildman–Crippen LogP) is -0.275. The molecule has 3 aliphatic heterocycles. The lowest BCUT2D eigenvalue weighted by atomic mass is 9.82. The molecule has 8 atom stereocenters. The van der Waals surface area contributed by atoms with Crippen molar-refractivity contribution in [1.29, 1.82) is 0 Å². The van der Waals surface area contributed by atoms with Crippen LogP contribution >= 0.6 is 0 Å². The lowest BCUT2D eigenvalue weighted by Crippen LogP contribution is -2.60. The van der Waals surface area contributed by atoms with Gasteiger partial charge in [0.1, 0.15) is 18.3 Å². The summed E-state index contributed by atoms with van der Waals surface area (Å²) in [6.45, 7) is 2.26. The minimum absolute atomic E-state index is 0.0257. The van der Waals surface area contributed by atoms with E-state index in [2.05, 4.69) is 5.32 Å². The summed E-state index contributed by atoms with van der Waals surface area (Å²) >= 11 is 0. The Morgan fingerprint density at radius 1 is 1.09 bits per heavy atom. The molecule has 0 aromatic heterocycles. The Labute approximate surface area is 260 Å². The average molecular weight is 626 g/mol. The van der Waals surface area contributed by atoms with E-state index in [0.717, 1.165) is 18.4 Å². The van der Waals surface area contributed by atoms with Crippen LogP contribution in [-0.2, 0) is 31.3 Å². The Bertz CT molecular complexity index is 1440. The molecule has 2 aromatic carbocycles. The van der Waals surface area contributed by atoms with E-state index < -0.39 is 54.0 Å². The molecule has 242 valence electrons. The van der Waals surface area contributed by atoms with Gasteiger partial charge in [0, 0.05) is 30.1 Å². The van der Waals surface area contributed by atoms with Gasteiger partial charge in [0.2, 0.25) is 5.91 Å². The number of ether oxygens (including phenoxy) is 1. The molecular weight excluding hydrogens is 586 g/mol. The number of anilines is 2. The molecule has 0 spiro atoms. The third-order valence-corrected chi connectivity index (χ3v) is 8.85. The van der Waals surface area contributed by atoms with E-state index in [1.54, 1.807) is 30.0 Å². The number of nitrogens with one attached hydrogen (secondary N) is 1. The van der Waals surface area contributed by atoms with Crippen LogP contribution in [0.1, 0.15) is 37.3 Å². The second-order valence-corrected chi connectivity index (χ2v) is 11.8. The minimum Gasteiger partial charge on any atom is -0.394 e. The van der Waals surface area contributed by atoms with Crippen LogP contribution in [0.25, 0.3) is 0 Å². The van der Waals surface area contributed by atoms with Gasteiger partial charge in [0.05, 0.1) is 24.9 Å². The van der Waals surface area contributed by atoms with Gasteiger partial charge in [-0.15, -0.1) is 0 Å². The van der Waals surface area contributed by atoms with Crippen LogP contribution in [0.15, 0.2) is 60.7 Å². The molecule has 3 heterocycles. The predicted molar refractivity (Wildman–Crippen MR) is 160 cm³/mol. The smallest absolute Gasteiger partial charge is 0.264 e. The second-order valence-electron chi connectivity index (χ2n) is 11.8. The topological polar surface area (TPSA) is 200 Å². The molecule has 5 rings (SSSR count). The Kier molecular flexibility index (Phi) is 9.70. The van der Waals surface area contributed by atoms with Crippen molar-refractivity contribution in [2.75, 3.05) is 23.4 Å². The first-order valence-corrected chi connectivity index (χ1v) is 15.0. The maximum atomic E-state index is 14.0. The van der Waals surface area contributed by atoms with Crippen LogP contribution < -0.4 is 10.2 Å². The van der Waals surface area contributed by atoms with Gasteiger partial charge in [-0.2, -0.15) is 0 Å². The summed E-state index contributed by atoms with van der Waals surface area (Å²) in [6.07, 6.45) is -4.34. The Balaban J connectivity index is 1.41. The van der Waals surface area contributed by atoms with Crippen LogP contribution in [0.5, 0.6) is 0 Å². The number of nitrogens with zero attached hydrogens (tertiary/aromatic N) is 2. The summed E-state index contributed by atoms with van der Waals surface area (Å²) in [5, 5.41) is 64.0. The Morgan fingerprint density at radius 2 is 1.82 bits per heavy atom.